The Morgan fingerprint density at radius 1 is 1.14 bits per heavy atom. The summed E-state index contributed by atoms with van der Waals surface area (Å²) in [4.78, 5) is 8.24. The van der Waals surface area contributed by atoms with E-state index in [1.165, 1.54) is 0 Å². The number of H-pyrrole nitrogens is 1. The largest absolute Gasteiger partial charge is 0.282 e. The van der Waals surface area contributed by atoms with Gasteiger partial charge in [0.05, 0.1) is 5.69 Å². The molecule has 0 aliphatic carbocycles. The Labute approximate surface area is 82.4 Å². The van der Waals surface area contributed by atoms with E-state index in [0.717, 1.165) is 28.3 Å². The Bertz CT molecular complexity index is 459. The topological polar surface area (TPSA) is 54.5 Å². The zero-order chi connectivity index (χ0) is 10.1. The molecule has 2 aromatic heterocycles. The first kappa shape index (κ1) is 8.87. The van der Waals surface area contributed by atoms with Crippen LogP contribution in [0, 0.1) is 20.8 Å². The van der Waals surface area contributed by atoms with Gasteiger partial charge in [0.1, 0.15) is 12.0 Å². The fourth-order valence-corrected chi connectivity index (χ4v) is 1.32. The lowest BCUT2D eigenvalue weighted by molar-refractivity contribution is 1.03. The van der Waals surface area contributed by atoms with Gasteiger partial charge in [0.25, 0.3) is 0 Å². The van der Waals surface area contributed by atoms with Crippen molar-refractivity contribution >= 4 is 0 Å². The smallest absolute Gasteiger partial charge is 0.116 e. The van der Waals surface area contributed by atoms with E-state index in [9.17, 15) is 0 Å². The van der Waals surface area contributed by atoms with Crippen molar-refractivity contribution in [2.24, 2.45) is 0 Å². The van der Waals surface area contributed by atoms with E-state index in [4.69, 9.17) is 0 Å². The molecule has 0 radical (unpaired) electrons. The van der Waals surface area contributed by atoms with Gasteiger partial charge in [-0.05, 0) is 32.4 Å². The molecule has 4 heteroatoms. The Morgan fingerprint density at radius 3 is 2.50 bits per heavy atom. The number of nitrogens with one attached hydrogen (secondary N) is 1. The van der Waals surface area contributed by atoms with Gasteiger partial charge < -0.3 is 0 Å². The first-order valence-electron chi connectivity index (χ1n) is 4.49. The Hall–Kier alpha value is -1.71. The van der Waals surface area contributed by atoms with Crippen LogP contribution in [-0.2, 0) is 0 Å². The molecule has 0 aromatic carbocycles. The van der Waals surface area contributed by atoms with Crippen LogP contribution < -0.4 is 0 Å². The zero-order valence-electron chi connectivity index (χ0n) is 8.50. The van der Waals surface area contributed by atoms with E-state index in [0.29, 0.717) is 0 Å². The normalized spacial score (nSPS) is 10.5. The van der Waals surface area contributed by atoms with Crippen LogP contribution in [0.3, 0.4) is 0 Å². The highest BCUT2D eigenvalue weighted by Crippen LogP contribution is 2.20. The number of aromatic nitrogens is 4. The molecular weight excluding hydrogens is 176 g/mol. The van der Waals surface area contributed by atoms with Crippen molar-refractivity contribution in [3.63, 3.8) is 0 Å². The van der Waals surface area contributed by atoms with E-state index in [2.05, 4.69) is 20.2 Å². The van der Waals surface area contributed by atoms with Crippen LogP contribution in [0.2, 0.25) is 0 Å². The summed E-state index contributed by atoms with van der Waals surface area (Å²) >= 11 is 0. The fourth-order valence-electron chi connectivity index (χ4n) is 1.32. The van der Waals surface area contributed by atoms with Gasteiger partial charge >= 0.3 is 0 Å². The first-order valence-corrected chi connectivity index (χ1v) is 4.49. The number of rotatable bonds is 1. The Morgan fingerprint density at radius 2 is 1.93 bits per heavy atom. The molecule has 0 bridgehead atoms. The van der Waals surface area contributed by atoms with Crippen molar-refractivity contribution < 1.29 is 0 Å². The molecule has 2 rings (SSSR count). The molecule has 0 fully saturated rings. The van der Waals surface area contributed by atoms with E-state index in [-0.39, 0.29) is 0 Å². The second kappa shape index (κ2) is 3.21. The summed E-state index contributed by atoms with van der Waals surface area (Å²) in [6.07, 6.45) is 1.56. The maximum absolute atomic E-state index is 4.21. The van der Waals surface area contributed by atoms with Crippen LogP contribution in [-0.4, -0.2) is 20.2 Å². The quantitative estimate of drug-likeness (QED) is 0.742. The van der Waals surface area contributed by atoms with E-state index < -0.39 is 0 Å². The molecule has 0 aliphatic heterocycles. The summed E-state index contributed by atoms with van der Waals surface area (Å²) in [7, 11) is 0. The van der Waals surface area contributed by atoms with Crippen LogP contribution >= 0.6 is 0 Å². The predicted octanol–water partition coefficient (Wildman–Crippen LogP) is 1.79. The maximum atomic E-state index is 4.21. The first-order chi connectivity index (χ1) is 6.68. The number of aromatic amines is 1. The van der Waals surface area contributed by atoms with Crippen LogP contribution in [0.25, 0.3) is 11.4 Å². The standard InChI is InChI=1S/C10H12N4/c1-6-4-9(12-5-11-6)10-7(2)8(3)13-14-10/h4-5H,1-3H3,(H,13,14). The van der Waals surface area contributed by atoms with Crippen LogP contribution in [0.1, 0.15) is 17.0 Å². The number of hydrogen-bond acceptors (Lipinski definition) is 3. The molecule has 2 heterocycles. The summed E-state index contributed by atoms with van der Waals surface area (Å²) in [5.41, 5.74) is 4.96. The number of hydrogen-bond donors (Lipinski definition) is 1. The summed E-state index contributed by atoms with van der Waals surface area (Å²) in [6.45, 7) is 5.98. The second-order valence-electron chi connectivity index (χ2n) is 3.37. The lowest BCUT2D eigenvalue weighted by atomic mass is 10.1. The highest BCUT2D eigenvalue weighted by atomic mass is 15.1. The van der Waals surface area contributed by atoms with E-state index >= 15 is 0 Å². The minimum atomic E-state index is 0.874. The van der Waals surface area contributed by atoms with Crippen molar-refractivity contribution in [2.75, 3.05) is 0 Å². The molecule has 14 heavy (non-hydrogen) atoms. The van der Waals surface area contributed by atoms with Gasteiger partial charge in [-0.15, -0.1) is 0 Å². The number of nitrogens with zero attached hydrogens (tertiary/aromatic N) is 3. The van der Waals surface area contributed by atoms with Crippen LogP contribution in [0.15, 0.2) is 12.4 Å². The molecule has 2 aromatic rings. The second-order valence-corrected chi connectivity index (χ2v) is 3.37. The van der Waals surface area contributed by atoms with Gasteiger partial charge in [0.15, 0.2) is 0 Å². The maximum Gasteiger partial charge on any atom is 0.116 e. The highest BCUT2D eigenvalue weighted by molar-refractivity contribution is 5.59. The zero-order valence-corrected chi connectivity index (χ0v) is 8.50. The average molecular weight is 188 g/mol. The number of aryl methyl sites for hydroxylation is 2. The van der Waals surface area contributed by atoms with Crippen molar-refractivity contribution in [3.8, 4) is 11.4 Å². The highest BCUT2D eigenvalue weighted by Gasteiger charge is 2.09. The molecule has 4 nitrogen and oxygen atoms in total. The molecule has 0 aliphatic rings. The minimum Gasteiger partial charge on any atom is -0.282 e. The molecule has 1 N–H and O–H groups in total. The van der Waals surface area contributed by atoms with Crippen LogP contribution in [0.5, 0.6) is 0 Å². The summed E-state index contributed by atoms with van der Waals surface area (Å²) < 4.78 is 0. The Balaban J connectivity index is 2.55. The van der Waals surface area contributed by atoms with Gasteiger partial charge in [-0.25, -0.2) is 9.97 Å². The lowest BCUT2D eigenvalue weighted by Crippen LogP contribution is -1.89. The predicted molar refractivity (Wildman–Crippen MR) is 53.8 cm³/mol. The molecule has 0 saturated carbocycles. The van der Waals surface area contributed by atoms with Gasteiger partial charge in [-0.2, -0.15) is 5.10 Å². The van der Waals surface area contributed by atoms with Crippen LogP contribution in [0.4, 0.5) is 0 Å². The molecule has 0 unspecified atom stereocenters. The van der Waals surface area contributed by atoms with Gasteiger partial charge in [-0.1, -0.05) is 0 Å². The molecule has 0 spiro atoms. The summed E-state index contributed by atoms with van der Waals surface area (Å²) in [5, 5.41) is 7.16. The van der Waals surface area contributed by atoms with Crippen molar-refractivity contribution in [2.45, 2.75) is 20.8 Å². The van der Waals surface area contributed by atoms with Crippen molar-refractivity contribution in [1.82, 2.24) is 20.2 Å². The minimum absolute atomic E-state index is 0.874. The van der Waals surface area contributed by atoms with Crippen molar-refractivity contribution in [3.05, 3.63) is 29.3 Å². The molecule has 0 saturated heterocycles. The van der Waals surface area contributed by atoms with Gasteiger partial charge in [0, 0.05) is 11.4 Å². The fraction of sp³-hybridized carbons (Fsp3) is 0.300. The molecule has 72 valence electrons. The summed E-state index contributed by atoms with van der Waals surface area (Å²) in [5.74, 6) is 0. The molecular formula is C10H12N4. The lowest BCUT2D eigenvalue weighted by Gasteiger charge is -1.98. The average Bonchev–Trinajstić information content (AvgIpc) is 2.48. The summed E-state index contributed by atoms with van der Waals surface area (Å²) in [6, 6.07) is 1.93. The molecule has 0 atom stereocenters. The van der Waals surface area contributed by atoms with E-state index in [1.807, 2.05) is 26.8 Å². The monoisotopic (exact) mass is 188 g/mol. The molecule has 0 amide bonds. The Kier molecular flexibility index (Phi) is 2.04. The van der Waals surface area contributed by atoms with E-state index in [1.54, 1.807) is 6.33 Å². The third-order valence-corrected chi connectivity index (χ3v) is 2.30. The third-order valence-electron chi connectivity index (χ3n) is 2.30. The van der Waals surface area contributed by atoms with Gasteiger partial charge in [-0.3, -0.25) is 5.10 Å². The SMILES string of the molecule is Cc1cc(-c2n[nH]c(C)c2C)ncn1. The van der Waals surface area contributed by atoms with Crippen molar-refractivity contribution in [1.29, 1.82) is 0 Å². The third kappa shape index (κ3) is 1.39. The van der Waals surface area contributed by atoms with Gasteiger partial charge in [0.2, 0.25) is 0 Å².